The fraction of sp³-hybridized carbons (Fsp3) is 0.267. The Balaban J connectivity index is 2.32. The number of amides is 1. The van der Waals surface area contributed by atoms with Crippen molar-refractivity contribution in [2.45, 2.75) is 6.92 Å². The van der Waals surface area contributed by atoms with Gasteiger partial charge >= 0.3 is 5.97 Å². The predicted octanol–water partition coefficient (Wildman–Crippen LogP) is 1.17. The van der Waals surface area contributed by atoms with Gasteiger partial charge in [0.2, 0.25) is 15.9 Å². The van der Waals surface area contributed by atoms with E-state index in [-0.39, 0.29) is 17.1 Å². The first-order chi connectivity index (χ1) is 11.7. The van der Waals surface area contributed by atoms with Crippen LogP contribution in [0.15, 0.2) is 34.9 Å². The maximum atomic E-state index is 12.2. The molecule has 0 spiro atoms. The van der Waals surface area contributed by atoms with Crippen molar-refractivity contribution in [3.63, 3.8) is 0 Å². The summed E-state index contributed by atoms with van der Waals surface area (Å²) in [6.07, 6.45) is 0.939. The second-order valence-electron chi connectivity index (χ2n) is 5.15. The number of hydrogen-bond acceptors (Lipinski definition) is 7. The first kappa shape index (κ1) is 18.5. The smallest absolute Gasteiger partial charge is 0.340 e. The number of sulfonamides is 1. The Morgan fingerprint density at radius 3 is 2.56 bits per heavy atom. The number of aromatic nitrogens is 1. The fourth-order valence-electron chi connectivity index (χ4n) is 2.09. The van der Waals surface area contributed by atoms with Crippen LogP contribution in [0.4, 0.5) is 11.5 Å². The molecular formula is C15H17N3O6S. The molecule has 1 amide bonds. The number of benzene rings is 1. The van der Waals surface area contributed by atoms with E-state index in [1.165, 1.54) is 25.3 Å². The Bertz CT molecular complexity index is 890. The molecule has 1 heterocycles. The normalized spacial score (nSPS) is 11.0. The van der Waals surface area contributed by atoms with E-state index < -0.39 is 28.4 Å². The van der Waals surface area contributed by atoms with Gasteiger partial charge in [-0.15, -0.1) is 0 Å². The van der Waals surface area contributed by atoms with Gasteiger partial charge in [0.25, 0.3) is 0 Å². The highest BCUT2D eigenvalue weighted by Gasteiger charge is 2.26. The summed E-state index contributed by atoms with van der Waals surface area (Å²) >= 11 is 0. The summed E-state index contributed by atoms with van der Waals surface area (Å²) in [6, 6.07) is 7.44. The Morgan fingerprint density at radius 1 is 1.32 bits per heavy atom. The van der Waals surface area contributed by atoms with Gasteiger partial charge < -0.3 is 14.6 Å². The highest BCUT2D eigenvalue weighted by molar-refractivity contribution is 7.92. The van der Waals surface area contributed by atoms with Crippen LogP contribution in [-0.4, -0.2) is 45.4 Å². The van der Waals surface area contributed by atoms with Crippen molar-refractivity contribution < 1.29 is 27.3 Å². The molecule has 9 nitrogen and oxygen atoms in total. The minimum atomic E-state index is -3.84. The molecule has 0 fully saturated rings. The highest BCUT2D eigenvalue weighted by atomic mass is 32.2. The fourth-order valence-corrected chi connectivity index (χ4v) is 2.96. The lowest BCUT2D eigenvalue weighted by molar-refractivity contribution is -0.114. The van der Waals surface area contributed by atoms with Gasteiger partial charge in [0.15, 0.2) is 5.82 Å². The van der Waals surface area contributed by atoms with Crippen LogP contribution >= 0.6 is 0 Å². The van der Waals surface area contributed by atoms with Gasteiger partial charge in [0, 0.05) is 6.07 Å². The predicted molar refractivity (Wildman–Crippen MR) is 89.8 cm³/mol. The molecule has 0 radical (unpaired) electrons. The molecule has 10 heteroatoms. The van der Waals surface area contributed by atoms with Gasteiger partial charge in [0.1, 0.15) is 12.3 Å². The minimum Gasteiger partial charge on any atom is -0.465 e. The van der Waals surface area contributed by atoms with Crippen LogP contribution in [0.25, 0.3) is 0 Å². The molecule has 1 N–H and O–H groups in total. The molecule has 1 aromatic heterocycles. The van der Waals surface area contributed by atoms with Gasteiger partial charge in [-0.25, -0.2) is 13.2 Å². The van der Waals surface area contributed by atoms with Crippen LogP contribution in [0, 0.1) is 6.92 Å². The SMILES string of the molecule is COC(=O)c1ccccc1N(CC(=O)Nc1cc(C)on1)S(C)(=O)=O. The summed E-state index contributed by atoms with van der Waals surface area (Å²) in [5.41, 5.74) is 0.0730. The van der Waals surface area contributed by atoms with Crippen LogP contribution in [0.3, 0.4) is 0 Å². The number of rotatable bonds is 6. The van der Waals surface area contributed by atoms with Gasteiger partial charge in [-0.2, -0.15) is 0 Å². The Morgan fingerprint density at radius 2 is 2.00 bits per heavy atom. The zero-order valence-corrected chi connectivity index (χ0v) is 14.7. The maximum absolute atomic E-state index is 12.2. The number of ether oxygens (including phenoxy) is 1. The standard InChI is InChI=1S/C15H17N3O6S/c1-10-8-13(17-24-10)16-14(19)9-18(25(3,21)22)12-7-5-4-6-11(12)15(20)23-2/h4-8H,9H2,1-3H3,(H,16,17,19). The third-order valence-corrected chi connectivity index (χ3v) is 4.29. The zero-order chi connectivity index (χ0) is 18.6. The van der Waals surface area contributed by atoms with E-state index in [9.17, 15) is 18.0 Å². The Hall–Kier alpha value is -2.88. The summed E-state index contributed by atoms with van der Waals surface area (Å²) < 4.78 is 34.6. The number of methoxy groups -OCH3 is 1. The molecule has 1 aromatic carbocycles. The van der Waals surface area contributed by atoms with E-state index in [0.29, 0.717) is 5.76 Å². The second kappa shape index (κ2) is 7.34. The minimum absolute atomic E-state index is 0.0282. The lowest BCUT2D eigenvalue weighted by atomic mass is 10.2. The van der Waals surface area contributed by atoms with Crippen molar-refractivity contribution in [2.75, 3.05) is 29.5 Å². The average molecular weight is 367 g/mol. The summed E-state index contributed by atoms with van der Waals surface area (Å²) in [6.45, 7) is 1.11. The largest absolute Gasteiger partial charge is 0.465 e. The van der Waals surface area contributed by atoms with Crippen molar-refractivity contribution in [1.82, 2.24) is 5.16 Å². The third kappa shape index (κ3) is 4.57. The number of carbonyl (C=O) groups excluding carboxylic acids is 2. The molecule has 0 atom stereocenters. The number of hydrogen-bond donors (Lipinski definition) is 1. The molecule has 134 valence electrons. The van der Waals surface area contributed by atoms with E-state index in [1.54, 1.807) is 19.1 Å². The Labute approximate surface area is 144 Å². The van der Waals surface area contributed by atoms with E-state index in [0.717, 1.165) is 10.6 Å². The lowest BCUT2D eigenvalue weighted by Gasteiger charge is -2.23. The monoisotopic (exact) mass is 367 g/mol. The van der Waals surface area contributed by atoms with E-state index in [1.807, 2.05) is 0 Å². The number of anilines is 2. The number of nitrogens with zero attached hydrogens (tertiary/aromatic N) is 2. The van der Waals surface area contributed by atoms with Crippen molar-refractivity contribution in [3.05, 3.63) is 41.7 Å². The van der Waals surface area contributed by atoms with Crippen LogP contribution in [0.2, 0.25) is 0 Å². The first-order valence-corrected chi connectivity index (χ1v) is 8.95. The first-order valence-electron chi connectivity index (χ1n) is 7.10. The van der Waals surface area contributed by atoms with Crippen LogP contribution in [-0.2, 0) is 19.6 Å². The lowest BCUT2D eigenvalue weighted by Crippen LogP contribution is -2.38. The van der Waals surface area contributed by atoms with Crippen LogP contribution in [0.1, 0.15) is 16.1 Å². The molecule has 0 saturated carbocycles. The molecule has 0 unspecified atom stereocenters. The van der Waals surface area contributed by atoms with Crippen LogP contribution in [0.5, 0.6) is 0 Å². The van der Waals surface area contributed by atoms with E-state index in [2.05, 4.69) is 15.2 Å². The molecule has 2 rings (SSSR count). The molecular weight excluding hydrogens is 350 g/mol. The molecule has 0 aliphatic heterocycles. The molecule has 2 aromatic rings. The van der Waals surface area contributed by atoms with Crippen molar-refractivity contribution in [3.8, 4) is 0 Å². The van der Waals surface area contributed by atoms with Crippen LogP contribution < -0.4 is 9.62 Å². The third-order valence-electron chi connectivity index (χ3n) is 3.16. The number of para-hydroxylation sites is 1. The van der Waals surface area contributed by atoms with Gasteiger partial charge in [-0.1, -0.05) is 17.3 Å². The zero-order valence-electron chi connectivity index (χ0n) is 13.8. The van der Waals surface area contributed by atoms with Gasteiger partial charge in [-0.05, 0) is 19.1 Å². The van der Waals surface area contributed by atoms with Gasteiger partial charge in [-0.3, -0.25) is 9.10 Å². The molecule has 0 aliphatic carbocycles. The summed E-state index contributed by atoms with van der Waals surface area (Å²) in [4.78, 5) is 24.1. The summed E-state index contributed by atoms with van der Waals surface area (Å²) in [5, 5.41) is 6.04. The quantitative estimate of drug-likeness (QED) is 0.761. The second-order valence-corrected chi connectivity index (χ2v) is 7.06. The highest BCUT2D eigenvalue weighted by Crippen LogP contribution is 2.23. The van der Waals surface area contributed by atoms with Crippen molar-refractivity contribution in [2.24, 2.45) is 0 Å². The number of nitrogens with one attached hydrogen (secondary N) is 1. The van der Waals surface area contributed by atoms with E-state index in [4.69, 9.17) is 4.52 Å². The topological polar surface area (TPSA) is 119 Å². The molecule has 0 aliphatic rings. The summed E-state index contributed by atoms with van der Waals surface area (Å²) in [5.74, 6) is -0.696. The Kier molecular flexibility index (Phi) is 5.42. The van der Waals surface area contributed by atoms with Gasteiger partial charge in [0.05, 0.1) is 24.6 Å². The molecule has 0 bridgehead atoms. The number of carbonyl (C=O) groups is 2. The average Bonchev–Trinajstić information content (AvgIpc) is 2.95. The summed E-state index contributed by atoms with van der Waals surface area (Å²) in [7, 11) is -2.66. The van der Waals surface area contributed by atoms with E-state index >= 15 is 0 Å². The number of aryl methyl sites for hydroxylation is 1. The molecule has 25 heavy (non-hydrogen) atoms. The number of esters is 1. The molecule has 0 saturated heterocycles. The van der Waals surface area contributed by atoms with Crippen molar-refractivity contribution >= 4 is 33.4 Å². The van der Waals surface area contributed by atoms with Crippen molar-refractivity contribution in [1.29, 1.82) is 0 Å². The maximum Gasteiger partial charge on any atom is 0.340 e.